The van der Waals surface area contributed by atoms with Crippen LogP contribution in [0.15, 0.2) is 53.4 Å². The third-order valence-electron chi connectivity index (χ3n) is 3.87. The average molecular weight is 374 g/mol. The Hall–Kier alpha value is -2.12. The summed E-state index contributed by atoms with van der Waals surface area (Å²) in [5.41, 5.74) is 0.999. The number of fused-ring (bicyclic) bond motifs is 1. The number of esters is 1. The molecule has 0 amide bonds. The lowest BCUT2D eigenvalue weighted by atomic mass is 10.2. The van der Waals surface area contributed by atoms with Crippen LogP contribution in [-0.2, 0) is 9.53 Å². The van der Waals surface area contributed by atoms with E-state index in [9.17, 15) is 9.18 Å². The molecule has 0 aliphatic carbocycles. The Morgan fingerprint density at radius 3 is 2.76 bits per heavy atom. The van der Waals surface area contributed by atoms with Gasteiger partial charge < -0.3 is 9.64 Å². The Morgan fingerprint density at radius 1 is 1.24 bits per heavy atom. The molecule has 1 aromatic heterocycles. The standard InChI is InChI=1S/C18H15FN2O2S2/c19-12-5-7-14(8-6-12)24-11-17(22)23-13-9-21(10-13)18-20-15-3-1-2-4-16(15)25-18/h1-8,13H,9-11H2. The summed E-state index contributed by atoms with van der Waals surface area (Å²) in [6, 6.07) is 14.1. The van der Waals surface area contributed by atoms with Gasteiger partial charge >= 0.3 is 5.97 Å². The first-order chi connectivity index (χ1) is 12.2. The molecule has 0 spiro atoms. The van der Waals surface area contributed by atoms with Crippen LogP contribution in [0.25, 0.3) is 10.2 Å². The second-order valence-electron chi connectivity index (χ2n) is 5.72. The molecule has 4 nitrogen and oxygen atoms in total. The van der Waals surface area contributed by atoms with E-state index in [0.29, 0.717) is 13.1 Å². The number of anilines is 1. The predicted molar refractivity (Wildman–Crippen MR) is 98.8 cm³/mol. The Morgan fingerprint density at radius 2 is 2.00 bits per heavy atom. The van der Waals surface area contributed by atoms with E-state index in [-0.39, 0.29) is 23.6 Å². The van der Waals surface area contributed by atoms with E-state index in [0.717, 1.165) is 20.2 Å². The Balaban J connectivity index is 1.25. The van der Waals surface area contributed by atoms with Gasteiger partial charge in [0.05, 0.1) is 29.1 Å². The van der Waals surface area contributed by atoms with Gasteiger partial charge in [0, 0.05) is 4.90 Å². The van der Waals surface area contributed by atoms with Gasteiger partial charge in [-0.05, 0) is 36.4 Å². The number of carbonyl (C=O) groups is 1. The van der Waals surface area contributed by atoms with Gasteiger partial charge in [-0.15, -0.1) is 11.8 Å². The Kier molecular flexibility index (Phi) is 4.59. The number of hydrogen-bond acceptors (Lipinski definition) is 6. The van der Waals surface area contributed by atoms with Gasteiger partial charge in [0.2, 0.25) is 0 Å². The summed E-state index contributed by atoms with van der Waals surface area (Å²) in [5.74, 6) is -0.303. The lowest BCUT2D eigenvalue weighted by Gasteiger charge is -2.38. The van der Waals surface area contributed by atoms with Crippen LogP contribution in [0, 0.1) is 5.82 Å². The number of thioether (sulfide) groups is 1. The second kappa shape index (κ2) is 7.01. The summed E-state index contributed by atoms with van der Waals surface area (Å²) in [6.45, 7) is 1.35. The van der Waals surface area contributed by atoms with Gasteiger partial charge in [0.25, 0.3) is 0 Å². The molecule has 0 radical (unpaired) electrons. The molecule has 0 unspecified atom stereocenters. The van der Waals surface area contributed by atoms with E-state index in [1.165, 1.54) is 23.9 Å². The minimum Gasteiger partial charge on any atom is -0.458 e. The number of carbonyl (C=O) groups excluding carboxylic acids is 1. The third kappa shape index (κ3) is 3.77. The molecular formula is C18H15FN2O2S2. The highest BCUT2D eigenvalue weighted by Crippen LogP contribution is 2.31. The molecule has 2 aromatic carbocycles. The van der Waals surface area contributed by atoms with Crippen LogP contribution in [-0.4, -0.2) is 35.9 Å². The highest BCUT2D eigenvalue weighted by atomic mass is 32.2. The number of halogens is 1. The normalized spacial score (nSPS) is 14.5. The summed E-state index contributed by atoms with van der Waals surface area (Å²) in [7, 11) is 0. The number of para-hydroxylation sites is 1. The Bertz CT molecular complexity index is 858. The fraction of sp³-hybridized carbons (Fsp3) is 0.222. The number of nitrogens with zero attached hydrogens (tertiary/aromatic N) is 2. The summed E-state index contributed by atoms with van der Waals surface area (Å²) in [4.78, 5) is 19.5. The van der Waals surface area contributed by atoms with Crippen LogP contribution in [0.1, 0.15) is 0 Å². The minimum absolute atomic E-state index is 0.0895. The first-order valence-corrected chi connectivity index (χ1v) is 9.66. The van der Waals surface area contributed by atoms with Gasteiger partial charge in [0.1, 0.15) is 11.9 Å². The maximum absolute atomic E-state index is 12.8. The zero-order valence-corrected chi connectivity index (χ0v) is 14.9. The van der Waals surface area contributed by atoms with Crippen LogP contribution in [0.5, 0.6) is 0 Å². The monoisotopic (exact) mass is 374 g/mol. The summed E-state index contributed by atoms with van der Waals surface area (Å²) in [5, 5.41) is 0.967. The van der Waals surface area contributed by atoms with Crippen molar-refractivity contribution in [1.29, 1.82) is 0 Å². The predicted octanol–water partition coefficient (Wildman–Crippen LogP) is 3.96. The highest BCUT2D eigenvalue weighted by Gasteiger charge is 2.32. The average Bonchev–Trinajstić information content (AvgIpc) is 3.00. The lowest BCUT2D eigenvalue weighted by molar-refractivity contribution is -0.146. The number of hydrogen-bond donors (Lipinski definition) is 0. The fourth-order valence-corrected chi connectivity index (χ4v) is 4.22. The molecule has 1 saturated heterocycles. The maximum Gasteiger partial charge on any atom is 0.316 e. The van der Waals surface area contributed by atoms with E-state index < -0.39 is 0 Å². The molecule has 3 aromatic rings. The van der Waals surface area contributed by atoms with E-state index in [1.54, 1.807) is 23.5 Å². The molecule has 2 heterocycles. The van der Waals surface area contributed by atoms with Crippen molar-refractivity contribution < 1.29 is 13.9 Å². The Labute approximate surface area is 152 Å². The van der Waals surface area contributed by atoms with Crippen LogP contribution in [0.3, 0.4) is 0 Å². The third-order valence-corrected chi connectivity index (χ3v) is 5.95. The van der Waals surface area contributed by atoms with E-state index in [1.807, 2.05) is 18.2 Å². The molecule has 0 N–H and O–H groups in total. The number of thiazole rings is 1. The zero-order chi connectivity index (χ0) is 17.2. The van der Waals surface area contributed by atoms with Gasteiger partial charge in [-0.25, -0.2) is 9.37 Å². The molecule has 4 rings (SSSR count). The number of benzene rings is 2. The van der Waals surface area contributed by atoms with Crippen LogP contribution >= 0.6 is 23.1 Å². The molecule has 0 bridgehead atoms. The van der Waals surface area contributed by atoms with Gasteiger partial charge in [-0.3, -0.25) is 4.79 Å². The van der Waals surface area contributed by atoms with Crippen molar-refractivity contribution in [1.82, 2.24) is 4.98 Å². The summed E-state index contributed by atoms with van der Waals surface area (Å²) < 4.78 is 19.5. The lowest BCUT2D eigenvalue weighted by Crippen LogP contribution is -2.53. The van der Waals surface area contributed by atoms with Crippen LogP contribution in [0.4, 0.5) is 9.52 Å². The van der Waals surface area contributed by atoms with Crippen LogP contribution in [0.2, 0.25) is 0 Å². The van der Waals surface area contributed by atoms with Crippen molar-refractivity contribution in [2.45, 2.75) is 11.0 Å². The van der Waals surface area contributed by atoms with E-state index >= 15 is 0 Å². The molecule has 128 valence electrons. The molecule has 0 atom stereocenters. The topological polar surface area (TPSA) is 42.4 Å². The molecular weight excluding hydrogens is 359 g/mol. The SMILES string of the molecule is O=C(CSc1ccc(F)cc1)OC1CN(c2nc3ccccc3s2)C1. The maximum atomic E-state index is 12.8. The van der Waals surface area contributed by atoms with Crippen LogP contribution < -0.4 is 4.90 Å². The number of aromatic nitrogens is 1. The van der Waals surface area contributed by atoms with Gasteiger partial charge in [0.15, 0.2) is 5.13 Å². The van der Waals surface area contributed by atoms with Crippen molar-refractivity contribution in [3.63, 3.8) is 0 Å². The van der Waals surface area contributed by atoms with Crippen molar-refractivity contribution in [3.8, 4) is 0 Å². The molecule has 1 aliphatic rings. The summed E-state index contributed by atoms with van der Waals surface area (Å²) >= 11 is 3.00. The molecule has 25 heavy (non-hydrogen) atoms. The van der Waals surface area contributed by atoms with E-state index in [4.69, 9.17) is 4.74 Å². The minimum atomic E-state index is -0.281. The molecule has 1 fully saturated rings. The van der Waals surface area contributed by atoms with Gasteiger partial charge in [-0.1, -0.05) is 23.5 Å². The molecule has 7 heteroatoms. The van der Waals surface area contributed by atoms with E-state index in [2.05, 4.69) is 16.0 Å². The number of ether oxygens (including phenoxy) is 1. The summed E-state index contributed by atoms with van der Waals surface area (Å²) in [6.07, 6.45) is -0.0895. The van der Waals surface area contributed by atoms with Gasteiger partial charge in [-0.2, -0.15) is 0 Å². The molecule has 0 saturated carbocycles. The zero-order valence-electron chi connectivity index (χ0n) is 13.2. The van der Waals surface area contributed by atoms with Crippen molar-refractivity contribution >= 4 is 44.4 Å². The van der Waals surface area contributed by atoms with Crippen molar-refractivity contribution in [3.05, 3.63) is 54.3 Å². The highest BCUT2D eigenvalue weighted by molar-refractivity contribution is 8.00. The second-order valence-corrected chi connectivity index (χ2v) is 7.78. The number of rotatable bonds is 5. The molecule has 1 aliphatic heterocycles. The first-order valence-electron chi connectivity index (χ1n) is 7.86. The largest absolute Gasteiger partial charge is 0.458 e. The quantitative estimate of drug-likeness (QED) is 0.500. The smallest absolute Gasteiger partial charge is 0.316 e. The van der Waals surface area contributed by atoms with Crippen molar-refractivity contribution in [2.24, 2.45) is 0 Å². The first kappa shape index (κ1) is 16.4. The van der Waals surface area contributed by atoms with Crippen molar-refractivity contribution in [2.75, 3.05) is 23.7 Å². The fourth-order valence-electron chi connectivity index (χ4n) is 2.56.